The Morgan fingerprint density at radius 2 is 1.95 bits per heavy atom. The van der Waals surface area contributed by atoms with Crippen molar-refractivity contribution in [2.45, 2.75) is 65.6 Å². The van der Waals surface area contributed by atoms with Crippen LogP contribution < -0.4 is 0 Å². The average molecular weight is 278 g/mol. The number of fused-ring (bicyclic) bond motifs is 5. The SMILES string of the molecule is C=C1C(O)CC2(C)C(OC(C)=O)C1C1(C)CCCC21C. The maximum atomic E-state index is 11.6. The molecule has 0 aromatic carbocycles. The lowest BCUT2D eigenvalue weighted by molar-refractivity contribution is -0.161. The molecule has 1 N–H and O–H groups in total. The molecule has 2 bridgehead atoms. The number of hydrogen-bond acceptors (Lipinski definition) is 3. The van der Waals surface area contributed by atoms with E-state index >= 15 is 0 Å². The normalized spacial score (nSPS) is 53.9. The van der Waals surface area contributed by atoms with E-state index in [9.17, 15) is 9.90 Å². The van der Waals surface area contributed by atoms with E-state index in [1.54, 1.807) is 0 Å². The fourth-order valence-corrected chi connectivity index (χ4v) is 5.89. The number of carbonyl (C=O) groups is 1. The Morgan fingerprint density at radius 3 is 2.55 bits per heavy atom. The van der Waals surface area contributed by atoms with Gasteiger partial charge < -0.3 is 9.84 Å². The van der Waals surface area contributed by atoms with Gasteiger partial charge in [-0.3, -0.25) is 4.79 Å². The highest BCUT2D eigenvalue weighted by atomic mass is 16.5. The van der Waals surface area contributed by atoms with E-state index in [0.29, 0.717) is 6.42 Å². The van der Waals surface area contributed by atoms with Crippen LogP contribution >= 0.6 is 0 Å². The van der Waals surface area contributed by atoms with Gasteiger partial charge in [-0.2, -0.15) is 0 Å². The van der Waals surface area contributed by atoms with Gasteiger partial charge in [0.1, 0.15) is 6.10 Å². The highest BCUT2D eigenvalue weighted by Crippen LogP contribution is 2.77. The maximum Gasteiger partial charge on any atom is 0.302 e. The predicted octanol–water partition coefficient (Wildman–Crippen LogP) is 3.07. The van der Waals surface area contributed by atoms with Crippen LogP contribution in [0.3, 0.4) is 0 Å². The fraction of sp³-hybridized carbons (Fsp3) is 0.824. The van der Waals surface area contributed by atoms with Gasteiger partial charge in [0.15, 0.2) is 0 Å². The van der Waals surface area contributed by atoms with Crippen molar-refractivity contribution in [1.82, 2.24) is 0 Å². The largest absolute Gasteiger partial charge is 0.461 e. The molecule has 0 aromatic rings. The quantitative estimate of drug-likeness (QED) is 0.592. The zero-order valence-corrected chi connectivity index (χ0v) is 13.0. The highest BCUT2D eigenvalue weighted by Gasteiger charge is 2.75. The molecule has 0 saturated heterocycles. The van der Waals surface area contributed by atoms with Gasteiger partial charge in [0, 0.05) is 18.3 Å². The summed E-state index contributed by atoms with van der Waals surface area (Å²) in [6.45, 7) is 12.5. The van der Waals surface area contributed by atoms with Gasteiger partial charge in [0.25, 0.3) is 0 Å². The van der Waals surface area contributed by atoms with Crippen LogP contribution in [-0.2, 0) is 9.53 Å². The Hall–Kier alpha value is -0.830. The molecule has 3 rings (SSSR count). The molecule has 0 spiro atoms. The van der Waals surface area contributed by atoms with Crippen molar-refractivity contribution in [1.29, 1.82) is 0 Å². The third-order valence-corrected chi connectivity index (χ3v) is 7.25. The molecule has 6 unspecified atom stereocenters. The van der Waals surface area contributed by atoms with Crippen LogP contribution in [0.25, 0.3) is 0 Å². The first-order valence-corrected chi connectivity index (χ1v) is 7.71. The van der Waals surface area contributed by atoms with E-state index in [4.69, 9.17) is 4.74 Å². The number of aliphatic hydroxyl groups is 1. The molecule has 0 radical (unpaired) electrons. The Morgan fingerprint density at radius 1 is 1.30 bits per heavy atom. The van der Waals surface area contributed by atoms with Crippen LogP contribution in [-0.4, -0.2) is 23.3 Å². The molecular formula is C17H26O3. The lowest BCUT2D eigenvalue weighted by Gasteiger charge is -2.47. The van der Waals surface area contributed by atoms with Crippen molar-refractivity contribution in [3.05, 3.63) is 12.2 Å². The first kappa shape index (κ1) is 14.1. The number of aliphatic hydroxyl groups excluding tert-OH is 1. The van der Waals surface area contributed by atoms with Crippen LogP contribution in [0.1, 0.15) is 53.4 Å². The van der Waals surface area contributed by atoms with E-state index < -0.39 is 6.10 Å². The second-order valence-corrected chi connectivity index (χ2v) is 7.82. The summed E-state index contributed by atoms with van der Waals surface area (Å²) in [6.07, 6.45) is 3.56. The number of hydrogen-bond donors (Lipinski definition) is 1. The summed E-state index contributed by atoms with van der Waals surface area (Å²) in [5, 5.41) is 10.4. The molecule has 3 nitrogen and oxygen atoms in total. The first-order valence-electron chi connectivity index (χ1n) is 7.71. The van der Waals surface area contributed by atoms with Crippen LogP contribution in [0.2, 0.25) is 0 Å². The smallest absolute Gasteiger partial charge is 0.302 e. The van der Waals surface area contributed by atoms with Crippen molar-refractivity contribution < 1.29 is 14.6 Å². The number of ether oxygens (including phenoxy) is 1. The number of esters is 1. The van der Waals surface area contributed by atoms with E-state index in [1.807, 2.05) is 0 Å². The molecule has 0 amide bonds. The van der Waals surface area contributed by atoms with Crippen molar-refractivity contribution in [2.75, 3.05) is 0 Å². The van der Waals surface area contributed by atoms with Gasteiger partial charge in [-0.25, -0.2) is 0 Å². The predicted molar refractivity (Wildman–Crippen MR) is 77.0 cm³/mol. The molecule has 3 aliphatic rings. The Kier molecular flexibility index (Phi) is 2.74. The summed E-state index contributed by atoms with van der Waals surface area (Å²) in [5.41, 5.74) is 0.901. The minimum absolute atomic E-state index is 0.0798. The van der Waals surface area contributed by atoms with Crippen LogP contribution in [0, 0.1) is 22.2 Å². The molecule has 3 heteroatoms. The molecule has 3 fully saturated rings. The molecular weight excluding hydrogens is 252 g/mol. The van der Waals surface area contributed by atoms with Crippen molar-refractivity contribution in [3.8, 4) is 0 Å². The molecule has 6 atom stereocenters. The van der Waals surface area contributed by atoms with E-state index in [2.05, 4.69) is 27.4 Å². The van der Waals surface area contributed by atoms with Crippen LogP contribution in [0.5, 0.6) is 0 Å². The van der Waals surface area contributed by atoms with Gasteiger partial charge in [0.05, 0.1) is 6.10 Å². The highest BCUT2D eigenvalue weighted by molar-refractivity contribution is 5.66. The molecule has 0 aliphatic heterocycles. The standard InChI is InChI=1S/C17H26O3/c1-10-12(19)9-16(4)14(20-11(2)18)13(10)15(3)7-6-8-17(15,16)5/h12-14,19H,1,6-9H2,2-5H3. The van der Waals surface area contributed by atoms with Crippen LogP contribution in [0.4, 0.5) is 0 Å². The molecule has 3 aliphatic carbocycles. The van der Waals surface area contributed by atoms with Gasteiger partial charge >= 0.3 is 5.97 Å². The molecule has 3 saturated carbocycles. The monoisotopic (exact) mass is 278 g/mol. The second-order valence-electron chi connectivity index (χ2n) is 7.82. The third-order valence-electron chi connectivity index (χ3n) is 7.25. The minimum Gasteiger partial charge on any atom is -0.461 e. The number of carbonyl (C=O) groups excluding carboxylic acids is 1. The molecule has 0 heterocycles. The maximum absolute atomic E-state index is 11.6. The van der Waals surface area contributed by atoms with E-state index in [1.165, 1.54) is 13.3 Å². The van der Waals surface area contributed by atoms with Crippen molar-refractivity contribution >= 4 is 5.97 Å². The Balaban J connectivity index is 2.17. The zero-order chi connectivity index (χ0) is 14.9. The van der Waals surface area contributed by atoms with Crippen LogP contribution in [0.15, 0.2) is 12.2 Å². The summed E-state index contributed by atoms with van der Waals surface area (Å²) in [7, 11) is 0. The molecule has 0 aromatic heterocycles. The lowest BCUT2D eigenvalue weighted by atomic mass is 9.58. The fourth-order valence-electron chi connectivity index (χ4n) is 5.89. The minimum atomic E-state index is -0.462. The van der Waals surface area contributed by atoms with Gasteiger partial charge in [0.2, 0.25) is 0 Å². The zero-order valence-electron chi connectivity index (χ0n) is 13.0. The van der Waals surface area contributed by atoms with Gasteiger partial charge in [-0.15, -0.1) is 0 Å². The van der Waals surface area contributed by atoms with E-state index in [-0.39, 0.29) is 34.2 Å². The first-order chi connectivity index (χ1) is 9.17. The Bertz CT molecular complexity index is 485. The lowest BCUT2D eigenvalue weighted by Crippen LogP contribution is -2.48. The molecule has 20 heavy (non-hydrogen) atoms. The average Bonchev–Trinajstić information content (AvgIpc) is 2.68. The second kappa shape index (κ2) is 3.88. The van der Waals surface area contributed by atoms with Gasteiger partial charge in [-0.05, 0) is 35.7 Å². The van der Waals surface area contributed by atoms with Crippen molar-refractivity contribution in [3.63, 3.8) is 0 Å². The third kappa shape index (κ3) is 1.33. The summed E-state index contributed by atoms with van der Waals surface area (Å²) < 4.78 is 5.76. The summed E-state index contributed by atoms with van der Waals surface area (Å²) in [6, 6.07) is 0. The summed E-state index contributed by atoms with van der Waals surface area (Å²) in [5.74, 6) is -0.129. The van der Waals surface area contributed by atoms with Crippen molar-refractivity contribution in [2.24, 2.45) is 22.2 Å². The summed E-state index contributed by atoms with van der Waals surface area (Å²) in [4.78, 5) is 11.6. The molecule has 112 valence electrons. The Labute approximate surface area is 121 Å². The number of rotatable bonds is 1. The van der Waals surface area contributed by atoms with E-state index in [0.717, 1.165) is 18.4 Å². The summed E-state index contributed by atoms with van der Waals surface area (Å²) >= 11 is 0. The topological polar surface area (TPSA) is 46.5 Å². The van der Waals surface area contributed by atoms with Gasteiger partial charge in [-0.1, -0.05) is 33.8 Å².